The summed E-state index contributed by atoms with van der Waals surface area (Å²) in [6, 6.07) is 30.8. The van der Waals surface area contributed by atoms with Crippen LogP contribution in [0.1, 0.15) is 65.2 Å². The fourth-order valence-electron chi connectivity index (χ4n) is 9.32. The Bertz CT molecular complexity index is 3810. The van der Waals surface area contributed by atoms with Crippen molar-refractivity contribution in [1.29, 1.82) is 0 Å². The minimum Gasteiger partial charge on any atom is -0.497 e. The summed E-state index contributed by atoms with van der Waals surface area (Å²) in [4.78, 5) is 37.1. The molecule has 0 aliphatic carbocycles. The molecule has 0 atom stereocenters. The molecule has 398 valence electrons. The van der Waals surface area contributed by atoms with Crippen molar-refractivity contribution in [2.75, 3.05) is 56.5 Å². The van der Waals surface area contributed by atoms with Crippen LogP contribution >= 0.6 is 0 Å². The fourth-order valence-corrected chi connectivity index (χ4v) is 10.4. The number of fused-ring (bicyclic) bond motifs is 4. The zero-order valence-corrected chi connectivity index (χ0v) is 44.8. The van der Waals surface area contributed by atoms with Crippen LogP contribution in [-0.2, 0) is 59.2 Å². The van der Waals surface area contributed by atoms with Gasteiger partial charge in [-0.1, -0.05) is 48.5 Å². The van der Waals surface area contributed by atoms with Crippen molar-refractivity contribution in [3.8, 4) is 23.0 Å². The van der Waals surface area contributed by atoms with Crippen LogP contribution in [0.25, 0.3) is 21.8 Å². The van der Waals surface area contributed by atoms with Gasteiger partial charge in [-0.2, -0.15) is 0 Å². The molecule has 0 fully saturated rings. The summed E-state index contributed by atoms with van der Waals surface area (Å²) in [7, 11) is 0.431. The number of ether oxygens (including phenoxy) is 4. The van der Waals surface area contributed by atoms with E-state index in [4.69, 9.17) is 18.9 Å². The highest BCUT2D eigenvalue weighted by molar-refractivity contribution is 7.92. The summed E-state index contributed by atoms with van der Waals surface area (Å²) in [6.07, 6.45) is 6.49. The lowest BCUT2D eigenvalue weighted by molar-refractivity contribution is 0.0812. The maximum absolute atomic E-state index is 13.4. The van der Waals surface area contributed by atoms with E-state index >= 15 is 0 Å². The summed E-state index contributed by atoms with van der Waals surface area (Å²) in [5.74, 6) is 0.755. The third-order valence-corrected chi connectivity index (χ3v) is 15.8. The average molecular weight is 1090 g/mol. The van der Waals surface area contributed by atoms with Crippen molar-refractivity contribution in [3.05, 3.63) is 189 Å². The van der Waals surface area contributed by atoms with Gasteiger partial charge in [-0.3, -0.25) is 28.2 Å². The Morgan fingerprint density at radius 1 is 0.584 bits per heavy atom. The second-order valence-corrected chi connectivity index (χ2v) is 22.8. The number of aromatic nitrogens is 2. The molecule has 0 radical (unpaired) electrons. The number of rotatable bonds is 16. The maximum Gasteiger partial charge on any atom is 0.258 e. The Balaban J connectivity index is 0.000000188. The molecule has 10 rings (SSSR count). The van der Waals surface area contributed by atoms with E-state index in [1.807, 2.05) is 60.7 Å². The molecular weight excluding hydrogens is 1030 g/mol. The number of amides is 2. The predicted molar refractivity (Wildman–Crippen MR) is 290 cm³/mol. The number of pyridine rings is 2. The van der Waals surface area contributed by atoms with Gasteiger partial charge >= 0.3 is 0 Å². The van der Waals surface area contributed by atoms with Gasteiger partial charge in [0.05, 0.1) is 49.2 Å². The summed E-state index contributed by atoms with van der Waals surface area (Å²) in [5, 5.41) is 3.89. The number of sulfonamides is 2. The molecule has 0 saturated heterocycles. The molecule has 4 heterocycles. The number of halogens is 2. The zero-order valence-electron chi connectivity index (χ0n) is 43.2. The van der Waals surface area contributed by atoms with E-state index < -0.39 is 20.0 Å². The standard InChI is InChI=1S/C29H28FN3O5S.C28H26FN3O5S/c1-32-16-24-25(29(32)34)28(38-17-19-7-11-22(37-3)12-8-19)26-23(27(24)33(2)39(4,35)36)14-20(15-31-26)13-18-5-9-21(30)10-6-18;1-32(38(3,34)35)26-22-13-19(12-17-4-8-20(29)9-5-17)14-30-25(22)27(24-23(26)15-31-28(24)33)37-16-18-6-10-21(36-2)11-7-18/h5-12,14-15H,13,16-17H2,1-4H3;4-11,13-14H,12,15-16H2,1-3H3,(H,31,33). The van der Waals surface area contributed by atoms with Crippen LogP contribution in [-0.4, -0.2) is 91.4 Å². The number of hydrogen-bond acceptors (Lipinski definition) is 12. The molecule has 0 saturated carbocycles. The van der Waals surface area contributed by atoms with Crippen molar-refractivity contribution < 1.29 is 54.2 Å². The van der Waals surface area contributed by atoms with Gasteiger partial charge in [0.1, 0.15) is 47.4 Å². The zero-order chi connectivity index (χ0) is 54.9. The number of nitrogens with one attached hydrogen (secondary N) is 1. The van der Waals surface area contributed by atoms with E-state index in [2.05, 4.69) is 15.3 Å². The lowest BCUT2D eigenvalue weighted by Gasteiger charge is -2.24. The number of nitrogens with zero attached hydrogens (tertiary/aromatic N) is 5. The van der Waals surface area contributed by atoms with Crippen LogP contribution in [0.2, 0.25) is 0 Å². The van der Waals surface area contributed by atoms with Crippen molar-refractivity contribution in [1.82, 2.24) is 20.2 Å². The fraction of sp³-hybridized carbons (Fsp3) is 0.228. The van der Waals surface area contributed by atoms with Crippen LogP contribution in [0.3, 0.4) is 0 Å². The molecule has 0 bridgehead atoms. The molecule has 2 aliphatic heterocycles. The van der Waals surface area contributed by atoms with Crippen molar-refractivity contribution in [2.24, 2.45) is 0 Å². The van der Waals surface area contributed by atoms with Gasteiger partial charge in [0.2, 0.25) is 20.0 Å². The van der Waals surface area contributed by atoms with Crippen LogP contribution in [0.5, 0.6) is 23.0 Å². The van der Waals surface area contributed by atoms with Gasteiger partial charge in [-0.25, -0.2) is 25.6 Å². The molecule has 1 N–H and O–H groups in total. The molecule has 2 aliphatic rings. The molecule has 2 amide bonds. The first-order valence-corrected chi connectivity index (χ1v) is 27.8. The quantitative estimate of drug-likeness (QED) is 0.0972. The highest BCUT2D eigenvalue weighted by Gasteiger charge is 2.37. The Labute approximate surface area is 444 Å². The first-order chi connectivity index (χ1) is 36.7. The van der Waals surface area contributed by atoms with E-state index in [1.165, 1.54) is 51.9 Å². The molecule has 6 aromatic carbocycles. The largest absolute Gasteiger partial charge is 0.497 e. The van der Waals surface area contributed by atoms with Crippen molar-refractivity contribution >= 4 is 65.0 Å². The minimum atomic E-state index is -3.67. The number of benzene rings is 6. The Hall–Kier alpha value is -8.36. The van der Waals surface area contributed by atoms with Gasteiger partial charge in [-0.05, 0) is 107 Å². The Kier molecular flexibility index (Phi) is 15.1. The van der Waals surface area contributed by atoms with Gasteiger partial charge in [0, 0.05) is 68.5 Å². The van der Waals surface area contributed by atoms with E-state index in [-0.39, 0.29) is 55.3 Å². The second-order valence-electron chi connectivity index (χ2n) is 18.7. The molecule has 8 aromatic rings. The smallest absolute Gasteiger partial charge is 0.258 e. The lowest BCUT2D eigenvalue weighted by atomic mass is 9.98. The molecular formula is C57H54F2N6O10S2. The highest BCUT2D eigenvalue weighted by Crippen LogP contribution is 2.46. The van der Waals surface area contributed by atoms with Crippen LogP contribution < -0.4 is 32.9 Å². The van der Waals surface area contributed by atoms with E-state index in [9.17, 15) is 35.2 Å². The number of hydrogen-bond donors (Lipinski definition) is 1. The molecule has 20 heteroatoms. The summed E-state index contributed by atoms with van der Waals surface area (Å²) in [6.45, 7) is 0.711. The highest BCUT2D eigenvalue weighted by atomic mass is 32.2. The normalized spacial score (nSPS) is 12.9. The maximum atomic E-state index is 13.4. The number of anilines is 2. The van der Waals surface area contributed by atoms with E-state index in [0.717, 1.165) is 45.9 Å². The third-order valence-electron chi connectivity index (χ3n) is 13.4. The van der Waals surface area contributed by atoms with Crippen LogP contribution in [0, 0.1) is 11.6 Å². The molecule has 2 aromatic heterocycles. The molecule has 0 unspecified atom stereocenters. The van der Waals surface area contributed by atoms with Gasteiger partial charge < -0.3 is 29.2 Å². The van der Waals surface area contributed by atoms with Crippen LogP contribution in [0.15, 0.2) is 122 Å². The van der Waals surface area contributed by atoms with Crippen LogP contribution in [0.4, 0.5) is 20.2 Å². The van der Waals surface area contributed by atoms with Crippen molar-refractivity contribution in [2.45, 2.75) is 39.1 Å². The van der Waals surface area contributed by atoms with Gasteiger partial charge in [-0.15, -0.1) is 0 Å². The van der Waals surface area contributed by atoms with Gasteiger partial charge in [0.25, 0.3) is 11.8 Å². The third kappa shape index (κ3) is 11.3. The number of methoxy groups -OCH3 is 2. The molecule has 0 spiro atoms. The summed E-state index contributed by atoms with van der Waals surface area (Å²) < 4.78 is 103. The summed E-state index contributed by atoms with van der Waals surface area (Å²) >= 11 is 0. The van der Waals surface area contributed by atoms with Crippen molar-refractivity contribution in [3.63, 3.8) is 0 Å². The first kappa shape index (κ1) is 53.5. The summed E-state index contributed by atoms with van der Waals surface area (Å²) in [5.41, 5.74) is 8.28. The SMILES string of the molecule is COc1ccc(COc2c3c(c(N(C)S(C)(=O)=O)c4cc(Cc5ccc(F)cc5)cnc24)CN(C)C3=O)cc1.COc1ccc(COc2c3c(c(N(C)S(C)(=O)=O)c4cc(Cc5ccc(F)cc5)cnc24)CNC3=O)cc1. The number of carbonyl (C=O) groups excluding carboxylic acids is 2. The van der Waals surface area contributed by atoms with E-state index in [1.54, 1.807) is 57.9 Å². The average Bonchev–Trinajstić information content (AvgIpc) is 4.11. The predicted octanol–water partition coefficient (Wildman–Crippen LogP) is 8.73. The Morgan fingerprint density at radius 2 is 0.987 bits per heavy atom. The lowest BCUT2D eigenvalue weighted by Crippen LogP contribution is -2.26. The second kappa shape index (κ2) is 21.7. The number of carbonyl (C=O) groups is 2. The molecule has 77 heavy (non-hydrogen) atoms. The minimum absolute atomic E-state index is 0.153. The topological polar surface area (TPSA) is 187 Å². The molecule has 16 nitrogen and oxygen atoms in total. The van der Waals surface area contributed by atoms with Gasteiger partial charge in [0.15, 0.2) is 11.5 Å². The monoisotopic (exact) mass is 1080 g/mol. The first-order valence-electron chi connectivity index (χ1n) is 24.1. The van der Waals surface area contributed by atoms with E-state index in [0.29, 0.717) is 85.7 Å². The Morgan fingerprint density at radius 3 is 1.40 bits per heavy atom.